The van der Waals surface area contributed by atoms with Crippen molar-refractivity contribution in [1.29, 1.82) is 0 Å². The molecule has 1 aromatic carbocycles. The van der Waals surface area contributed by atoms with E-state index in [4.69, 9.17) is 0 Å². The fraction of sp³-hybridized carbons (Fsp3) is 0.222. The lowest BCUT2D eigenvalue weighted by Gasteiger charge is -2.18. The van der Waals surface area contributed by atoms with Crippen LogP contribution in [0.25, 0.3) is 0 Å². The van der Waals surface area contributed by atoms with Crippen LogP contribution in [0.15, 0.2) is 22.7 Å². The van der Waals surface area contributed by atoms with Gasteiger partial charge in [-0.15, -0.1) is 0 Å². The number of nitrogens with one attached hydrogen (secondary N) is 1. The van der Waals surface area contributed by atoms with E-state index in [0.717, 1.165) is 15.8 Å². The lowest BCUT2D eigenvalue weighted by molar-refractivity contribution is -0.105. The fourth-order valence-electron chi connectivity index (χ4n) is 1.15. The van der Waals surface area contributed by atoms with Gasteiger partial charge >= 0.3 is 0 Å². The number of nitrogens with zero attached hydrogens (tertiary/aromatic N) is 1. The number of hydrogen-bond donors (Lipinski definition) is 1. The molecule has 0 bridgehead atoms. The number of halogens is 1. The first-order valence-corrected chi connectivity index (χ1v) is 4.62. The third-order valence-electron chi connectivity index (χ3n) is 1.65. The number of para-hydroxylation sites is 1. The molecule has 0 spiro atoms. The van der Waals surface area contributed by atoms with Crippen LogP contribution in [0.2, 0.25) is 0 Å². The summed E-state index contributed by atoms with van der Waals surface area (Å²) in [4.78, 5) is 12.3. The first kappa shape index (κ1) is 10.1. The van der Waals surface area contributed by atoms with Crippen LogP contribution in [0.3, 0.4) is 0 Å². The lowest BCUT2D eigenvalue weighted by Crippen LogP contribution is -2.12. The highest BCUT2D eigenvalue weighted by molar-refractivity contribution is 9.10. The topological polar surface area (TPSA) is 32.3 Å². The highest BCUT2D eigenvalue weighted by atomic mass is 79.9. The van der Waals surface area contributed by atoms with Crippen LogP contribution < -0.4 is 10.2 Å². The predicted molar refractivity (Wildman–Crippen MR) is 58.2 cm³/mol. The van der Waals surface area contributed by atoms with Gasteiger partial charge in [0.15, 0.2) is 0 Å². The van der Waals surface area contributed by atoms with Gasteiger partial charge in [0.1, 0.15) is 0 Å². The maximum atomic E-state index is 10.3. The van der Waals surface area contributed by atoms with E-state index in [1.165, 1.54) is 0 Å². The van der Waals surface area contributed by atoms with Crippen molar-refractivity contribution in [3.05, 3.63) is 22.7 Å². The molecule has 70 valence electrons. The minimum Gasteiger partial charge on any atom is -0.375 e. The van der Waals surface area contributed by atoms with Gasteiger partial charge in [-0.1, -0.05) is 6.07 Å². The van der Waals surface area contributed by atoms with Crippen LogP contribution in [0, 0.1) is 0 Å². The van der Waals surface area contributed by atoms with Crippen LogP contribution in [0.4, 0.5) is 11.4 Å². The molecule has 0 atom stereocenters. The SMILES string of the molecule is CN(C)c1c(Br)cccc1NC=O. The standard InChI is InChI=1S/C9H11BrN2O/c1-12(2)9-7(10)4-3-5-8(9)11-6-13/h3-6H,1-2H3,(H,11,13). The molecule has 0 saturated carbocycles. The van der Waals surface area contributed by atoms with Crippen LogP contribution in [-0.2, 0) is 4.79 Å². The normalized spacial score (nSPS) is 9.46. The lowest BCUT2D eigenvalue weighted by atomic mass is 10.2. The molecule has 1 N–H and O–H groups in total. The number of hydrogen-bond acceptors (Lipinski definition) is 2. The number of benzene rings is 1. The quantitative estimate of drug-likeness (QED) is 0.824. The second-order valence-corrected chi connectivity index (χ2v) is 3.65. The summed E-state index contributed by atoms with van der Waals surface area (Å²) in [5.74, 6) is 0. The van der Waals surface area contributed by atoms with E-state index in [-0.39, 0.29) is 0 Å². The molecule has 1 amide bonds. The first-order chi connectivity index (χ1) is 6.16. The van der Waals surface area contributed by atoms with Gasteiger partial charge in [0, 0.05) is 18.6 Å². The van der Waals surface area contributed by atoms with Crippen LogP contribution in [0.1, 0.15) is 0 Å². The van der Waals surface area contributed by atoms with Crippen LogP contribution in [-0.4, -0.2) is 20.5 Å². The minimum atomic E-state index is 0.675. The second-order valence-electron chi connectivity index (χ2n) is 2.79. The van der Waals surface area contributed by atoms with Crippen molar-refractivity contribution in [3.8, 4) is 0 Å². The van der Waals surface area contributed by atoms with E-state index >= 15 is 0 Å². The molecule has 0 saturated heterocycles. The smallest absolute Gasteiger partial charge is 0.211 e. The van der Waals surface area contributed by atoms with Crippen LogP contribution in [0.5, 0.6) is 0 Å². The Kier molecular flexibility index (Phi) is 3.31. The van der Waals surface area contributed by atoms with Gasteiger partial charge < -0.3 is 10.2 Å². The molecule has 0 aromatic heterocycles. The summed E-state index contributed by atoms with van der Waals surface area (Å²) >= 11 is 3.42. The molecule has 0 aliphatic carbocycles. The van der Waals surface area contributed by atoms with Gasteiger partial charge in [-0.2, -0.15) is 0 Å². The zero-order valence-corrected chi connectivity index (χ0v) is 9.13. The summed E-state index contributed by atoms with van der Waals surface area (Å²) in [6, 6.07) is 5.67. The van der Waals surface area contributed by atoms with Gasteiger partial charge in [0.05, 0.1) is 11.4 Å². The zero-order valence-electron chi connectivity index (χ0n) is 7.54. The second kappa shape index (κ2) is 4.28. The molecule has 3 nitrogen and oxygen atoms in total. The Labute approximate surface area is 85.9 Å². The molecule has 0 heterocycles. The summed E-state index contributed by atoms with van der Waals surface area (Å²) in [6.45, 7) is 0. The molecule has 0 fully saturated rings. The molecule has 13 heavy (non-hydrogen) atoms. The Balaban J connectivity index is 3.17. The van der Waals surface area contributed by atoms with E-state index in [1.807, 2.05) is 37.2 Å². The van der Waals surface area contributed by atoms with E-state index < -0.39 is 0 Å². The zero-order chi connectivity index (χ0) is 9.84. The molecular formula is C9H11BrN2O. The predicted octanol–water partition coefficient (Wildman–Crippen LogP) is 2.08. The van der Waals surface area contributed by atoms with Crippen molar-refractivity contribution in [2.75, 3.05) is 24.3 Å². The Bertz CT molecular complexity index is 312. The van der Waals surface area contributed by atoms with Gasteiger partial charge in [-0.3, -0.25) is 4.79 Å². The largest absolute Gasteiger partial charge is 0.375 e. The van der Waals surface area contributed by atoms with Crippen molar-refractivity contribution in [2.45, 2.75) is 0 Å². The molecule has 0 radical (unpaired) electrons. The monoisotopic (exact) mass is 242 g/mol. The van der Waals surface area contributed by atoms with Gasteiger partial charge in [-0.05, 0) is 28.1 Å². The van der Waals surface area contributed by atoms with Crippen molar-refractivity contribution >= 4 is 33.7 Å². The highest BCUT2D eigenvalue weighted by Gasteiger charge is 2.06. The van der Waals surface area contributed by atoms with Gasteiger partial charge in [0.25, 0.3) is 0 Å². The molecule has 0 unspecified atom stereocenters. The van der Waals surface area contributed by atoms with Gasteiger partial charge in [-0.25, -0.2) is 0 Å². The summed E-state index contributed by atoms with van der Waals surface area (Å²) in [5, 5.41) is 2.65. The fourth-order valence-corrected chi connectivity index (χ4v) is 1.87. The van der Waals surface area contributed by atoms with Crippen molar-refractivity contribution < 1.29 is 4.79 Å². The summed E-state index contributed by atoms with van der Waals surface area (Å²) in [5.41, 5.74) is 1.77. The summed E-state index contributed by atoms with van der Waals surface area (Å²) in [7, 11) is 3.85. The average Bonchev–Trinajstić information content (AvgIpc) is 2.04. The third kappa shape index (κ3) is 2.21. The Morgan fingerprint density at radius 2 is 2.15 bits per heavy atom. The number of rotatable bonds is 3. The maximum absolute atomic E-state index is 10.3. The van der Waals surface area contributed by atoms with Crippen molar-refractivity contribution in [2.24, 2.45) is 0 Å². The summed E-state index contributed by atoms with van der Waals surface area (Å²) in [6.07, 6.45) is 0.675. The number of amides is 1. The molecular weight excluding hydrogens is 232 g/mol. The summed E-state index contributed by atoms with van der Waals surface area (Å²) < 4.78 is 0.962. The highest BCUT2D eigenvalue weighted by Crippen LogP contribution is 2.32. The Hall–Kier alpha value is -1.03. The van der Waals surface area contributed by atoms with Crippen molar-refractivity contribution in [1.82, 2.24) is 0 Å². The molecule has 1 aromatic rings. The minimum absolute atomic E-state index is 0.675. The van der Waals surface area contributed by atoms with E-state index in [0.29, 0.717) is 6.41 Å². The average molecular weight is 243 g/mol. The Morgan fingerprint density at radius 3 is 2.69 bits per heavy atom. The molecule has 4 heteroatoms. The molecule has 1 rings (SSSR count). The maximum Gasteiger partial charge on any atom is 0.211 e. The van der Waals surface area contributed by atoms with E-state index in [2.05, 4.69) is 21.2 Å². The number of carbonyl (C=O) groups excluding carboxylic acids is 1. The van der Waals surface area contributed by atoms with Crippen molar-refractivity contribution in [3.63, 3.8) is 0 Å². The molecule has 0 aliphatic rings. The third-order valence-corrected chi connectivity index (χ3v) is 2.29. The molecule has 0 aliphatic heterocycles. The first-order valence-electron chi connectivity index (χ1n) is 3.83. The Morgan fingerprint density at radius 1 is 1.46 bits per heavy atom. The number of carbonyl (C=O) groups is 1. The number of anilines is 2. The van der Waals surface area contributed by atoms with Crippen LogP contribution >= 0.6 is 15.9 Å². The van der Waals surface area contributed by atoms with Gasteiger partial charge in [0.2, 0.25) is 6.41 Å². The van der Waals surface area contributed by atoms with E-state index in [1.54, 1.807) is 0 Å². The van der Waals surface area contributed by atoms with E-state index in [9.17, 15) is 4.79 Å².